The van der Waals surface area contributed by atoms with Gasteiger partial charge in [-0.25, -0.2) is 0 Å². The fourth-order valence-corrected chi connectivity index (χ4v) is 1.24. The van der Waals surface area contributed by atoms with Crippen molar-refractivity contribution in [1.29, 1.82) is 0 Å². The molecule has 0 aliphatic heterocycles. The maximum absolute atomic E-state index is 10.4. The predicted molar refractivity (Wildman–Crippen MR) is 58.9 cm³/mol. The SMILES string of the molecule is CCC(C(C)=O)C(=O)[O-].CCC(C(C)=O)C(=O)[O-].[Cu]. The molecule has 0 aromatic rings. The second-order valence-corrected chi connectivity index (χ2v) is 3.78. The number of carbonyl (C=O) groups is 4. The van der Waals surface area contributed by atoms with Gasteiger partial charge in [-0.1, -0.05) is 13.8 Å². The maximum atomic E-state index is 10.4. The van der Waals surface area contributed by atoms with Gasteiger partial charge in [0.25, 0.3) is 0 Å². The molecule has 2 atom stereocenters. The molecule has 0 amide bonds. The minimum absolute atomic E-state index is 0. The second kappa shape index (κ2) is 11.9. The molecule has 6 nitrogen and oxygen atoms in total. The number of carboxylic acids is 2. The summed E-state index contributed by atoms with van der Waals surface area (Å²) < 4.78 is 0. The van der Waals surface area contributed by atoms with Crippen molar-refractivity contribution >= 4 is 23.5 Å². The topological polar surface area (TPSA) is 114 Å². The van der Waals surface area contributed by atoms with Gasteiger partial charge >= 0.3 is 0 Å². The van der Waals surface area contributed by atoms with Crippen LogP contribution in [0.25, 0.3) is 0 Å². The van der Waals surface area contributed by atoms with Gasteiger partial charge in [-0.2, -0.15) is 0 Å². The van der Waals surface area contributed by atoms with E-state index in [0.29, 0.717) is 12.8 Å². The van der Waals surface area contributed by atoms with Crippen molar-refractivity contribution in [2.24, 2.45) is 11.8 Å². The number of carboxylic acid groups (broad SMARTS) is 2. The molecule has 2 unspecified atom stereocenters. The van der Waals surface area contributed by atoms with E-state index in [9.17, 15) is 29.4 Å². The molecule has 0 bridgehead atoms. The third kappa shape index (κ3) is 10.4. The van der Waals surface area contributed by atoms with Crippen molar-refractivity contribution in [3.05, 3.63) is 0 Å². The molecule has 19 heavy (non-hydrogen) atoms. The van der Waals surface area contributed by atoms with E-state index in [0.717, 1.165) is 0 Å². The van der Waals surface area contributed by atoms with Crippen LogP contribution in [0.4, 0.5) is 0 Å². The van der Waals surface area contributed by atoms with Gasteiger partial charge in [0.15, 0.2) is 0 Å². The molecule has 0 fully saturated rings. The summed E-state index contributed by atoms with van der Waals surface area (Å²) >= 11 is 0. The second-order valence-electron chi connectivity index (χ2n) is 3.78. The van der Waals surface area contributed by atoms with Gasteiger partial charge in [0, 0.05) is 17.1 Å². The van der Waals surface area contributed by atoms with E-state index in [1.807, 2.05) is 0 Å². The Morgan fingerprint density at radius 1 is 0.789 bits per heavy atom. The van der Waals surface area contributed by atoms with Crippen LogP contribution in [-0.2, 0) is 36.2 Å². The Balaban J connectivity index is -0.000000256. The molecule has 0 aromatic carbocycles. The maximum Gasteiger partial charge on any atom is 0.138 e. The van der Waals surface area contributed by atoms with Crippen LogP contribution in [0.15, 0.2) is 0 Å². The Hall–Kier alpha value is -1.20. The van der Waals surface area contributed by atoms with E-state index in [-0.39, 0.29) is 28.6 Å². The molecule has 7 heteroatoms. The Morgan fingerprint density at radius 2 is 1.00 bits per heavy atom. The van der Waals surface area contributed by atoms with Gasteiger partial charge in [0.2, 0.25) is 0 Å². The van der Waals surface area contributed by atoms with Gasteiger partial charge in [0.05, 0.1) is 23.8 Å². The largest absolute Gasteiger partial charge is 0.549 e. The fraction of sp³-hybridized carbons (Fsp3) is 0.667. The average Bonchev–Trinajstić information content (AvgIpc) is 2.17. The Kier molecular flexibility index (Phi) is 14.3. The molecule has 115 valence electrons. The number of carbonyl (C=O) groups excluding carboxylic acids is 4. The van der Waals surface area contributed by atoms with Crippen LogP contribution in [-0.4, -0.2) is 23.5 Å². The summed E-state index contributed by atoms with van der Waals surface area (Å²) in [4.78, 5) is 40.9. The van der Waals surface area contributed by atoms with Crippen molar-refractivity contribution in [3.8, 4) is 0 Å². The van der Waals surface area contributed by atoms with Crippen molar-refractivity contribution in [2.45, 2.75) is 40.5 Å². The third-order valence-corrected chi connectivity index (χ3v) is 2.37. The monoisotopic (exact) mass is 321 g/mol. The molecule has 0 aliphatic rings. The van der Waals surface area contributed by atoms with Crippen molar-refractivity contribution in [1.82, 2.24) is 0 Å². The fourth-order valence-electron chi connectivity index (χ4n) is 1.24. The first-order valence-corrected chi connectivity index (χ1v) is 5.61. The van der Waals surface area contributed by atoms with Gasteiger partial charge in [0.1, 0.15) is 11.6 Å². The van der Waals surface area contributed by atoms with Crippen LogP contribution in [0, 0.1) is 11.8 Å². The zero-order valence-electron chi connectivity index (χ0n) is 11.3. The molecule has 0 N–H and O–H groups in total. The molecule has 1 radical (unpaired) electrons. The zero-order chi connectivity index (χ0) is 14.9. The quantitative estimate of drug-likeness (QED) is 0.443. The Labute approximate surface area is 123 Å². The number of aliphatic carboxylic acids is 2. The number of hydrogen-bond donors (Lipinski definition) is 0. The summed E-state index contributed by atoms with van der Waals surface area (Å²) in [6.07, 6.45) is 0.634. The third-order valence-electron chi connectivity index (χ3n) is 2.37. The van der Waals surface area contributed by atoms with Crippen LogP contribution in [0.5, 0.6) is 0 Å². The summed E-state index contributed by atoms with van der Waals surface area (Å²) in [5.74, 6) is -5.04. The molecular weight excluding hydrogens is 304 g/mol. The van der Waals surface area contributed by atoms with E-state index in [4.69, 9.17) is 0 Å². The average molecular weight is 322 g/mol. The van der Waals surface area contributed by atoms with Gasteiger partial charge in [-0.3, -0.25) is 9.59 Å². The molecule has 0 saturated carbocycles. The van der Waals surface area contributed by atoms with E-state index in [1.165, 1.54) is 13.8 Å². The van der Waals surface area contributed by atoms with Crippen LogP contribution in [0.1, 0.15) is 40.5 Å². The van der Waals surface area contributed by atoms with Crippen LogP contribution >= 0.6 is 0 Å². The minimum atomic E-state index is -1.27. The summed E-state index contributed by atoms with van der Waals surface area (Å²) in [6, 6.07) is 0. The summed E-state index contributed by atoms with van der Waals surface area (Å²) in [6.45, 7) is 5.79. The van der Waals surface area contributed by atoms with Gasteiger partial charge in [-0.05, 0) is 26.7 Å². The standard InChI is InChI=1S/2C6H10O3.Cu/c2*1-3-5(4(2)7)6(8)9;/h2*5H,3H2,1-2H3,(H,8,9);/p-2. The number of rotatable bonds is 6. The zero-order valence-corrected chi connectivity index (χ0v) is 12.3. The summed E-state index contributed by atoms with van der Waals surface area (Å²) in [5.41, 5.74) is 0. The van der Waals surface area contributed by atoms with Crippen molar-refractivity contribution in [2.75, 3.05) is 0 Å². The molecule has 0 spiro atoms. The Morgan fingerprint density at radius 3 is 1.00 bits per heavy atom. The van der Waals surface area contributed by atoms with Crippen molar-refractivity contribution < 1.29 is 46.5 Å². The number of hydrogen-bond acceptors (Lipinski definition) is 6. The number of ketones is 2. The summed E-state index contributed by atoms with van der Waals surface area (Å²) in [5, 5.41) is 20.1. The molecular formula is C12H18CuO6-2. The number of Topliss-reactive ketones (excluding diaryl/α,β-unsaturated/α-hetero) is 2. The van der Waals surface area contributed by atoms with Crippen molar-refractivity contribution in [3.63, 3.8) is 0 Å². The van der Waals surface area contributed by atoms with E-state index in [1.54, 1.807) is 13.8 Å². The molecule has 0 aliphatic carbocycles. The van der Waals surface area contributed by atoms with Crippen LogP contribution < -0.4 is 10.2 Å². The smallest absolute Gasteiger partial charge is 0.138 e. The summed E-state index contributed by atoms with van der Waals surface area (Å²) in [7, 11) is 0. The first-order valence-electron chi connectivity index (χ1n) is 5.61. The first-order chi connectivity index (χ1) is 8.18. The van der Waals surface area contributed by atoms with E-state index >= 15 is 0 Å². The van der Waals surface area contributed by atoms with E-state index in [2.05, 4.69) is 0 Å². The molecule has 0 saturated heterocycles. The van der Waals surface area contributed by atoms with Crippen LogP contribution in [0.3, 0.4) is 0 Å². The molecule has 0 rings (SSSR count). The van der Waals surface area contributed by atoms with Gasteiger partial charge in [-0.15, -0.1) is 0 Å². The molecule has 0 aromatic heterocycles. The van der Waals surface area contributed by atoms with Gasteiger partial charge < -0.3 is 19.8 Å². The Bertz CT molecular complexity index is 266. The first kappa shape index (κ1) is 22.9. The molecule has 0 heterocycles. The van der Waals surface area contributed by atoms with E-state index < -0.39 is 23.8 Å². The minimum Gasteiger partial charge on any atom is -0.549 e. The normalized spacial score (nSPS) is 12.0. The predicted octanol–water partition coefficient (Wildman–Crippen LogP) is -1.30. The van der Waals surface area contributed by atoms with Crippen LogP contribution in [0.2, 0.25) is 0 Å².